The summed E-state index contributed by atoms with van der Waals surface area (Å²) < 4.78 is 0. The minimum atomic E-state index is -0.750. The Kier molecular flexibility index (Phi) is 4.08. The molecule has 3 N–H and O–H groups in total. The van der Waals surface area contributed by atoms with E-state index in [9.17, 15) is 24.6 Å². The molecule has 1 aliphatic carbocycles. The quantitative estimate of drug-likeness (QED) is 0.381. The second kappa shape index (κ2) is 6.81. The van der Waals surface area contributed by atoms with Gasteiger partial charge in [0.15, 0.2) is 11.5 Å². The van der Waals surface area contributed by atoms with Crippen molar-refractivity contribution in [3.05, 3.63) is 99.7 Å². The number of hydrogen-bond donors (Lipinski definition) is 3. The molecule has 0 radical (unpaired) electrons. The zero-order valence-electron chi connectivity index (χ0n) is 16.0. The topological polar surface area (TPSA) is 104 Å². The number of carbonyl (C=O) groups excluding carboxylic acids is 2. The predicted octanol–water partition coefficient (Wildman–Crippen LogP) is 4.07. The molecule has 0 aromatic heterocycles. The van der Waals surface area contributed by atoms with Crippen LogP contribution in [-0.4, -0.2) is 21.9 Å². The fourth-order valence-corrected chi connectivity index (χ4v) is 4.02. The highest BCUT2D eigenvalue weighted by molar-refractivity contribution is 6.27. The van der Waals surface area contributed by atoms with Crippen molar-refractivity contribution in [2.45, 2.75) is 0 Å². The molecule has 0 aliphatic heterocycles. The van der Waals surface area contributed by atoms with Crippen LogP contribution in [0.5, 0.6) is 11.5 Å². The lowest BCUT2D eigenvalue weighted by atomic mass is 10.00. The molecule has 0 heterocycles. The Hall–Kier alpha value is -4.45. The number of rotatable bonds is 2. The van der Waals surface area contributed by atoms with Gasteiger partial charge in [-0.3, -0.25) is 14.4 Å². The van der Waals surface area contributed by atoms with E-state index >= 15 is 0 Å². The van der Waals surface area contributed by atoms with Crippen LogP contribution in [0, 0.1) is 0 Å². The Morgan fingerprint density at radius 2 is 1.42 bits per heavy atom. The van der Waals surface area contributed by atoms with Crippen LogP contribution in [-0.2, 0) is 0 Å². The molecule has 0 saturated heterocycles. The van der Waals surface area contributed by atoms with E-state index in [1.165, 1.54) is 30.3 Å². The Morgan fingerprint density at radius 1 is 0.710 bits per heavy atom. The summed E-state index contributed by atoms with van der Waals surface area (Å²) in [5.41, 5.74) is 2.09. The van der Waals surface area contributed by atoms with Gasteiger partial charge in [-0.15, -0.1) is 0 Å². The number of hydrogen-bond acceptors (Lipinski definition) is 5. The number of carbonyl (C=O) groups is 2. The first-order chi connectivity index (χ1) is 15.0. The molecule has 31 heavy (non-hydrogen) atoms. The molecule has 1 amide bonds. The lowest BCUT2D eigenvalue weighted by molar-refractivity contribution is 0.0999. The summed E-state index contributed by atoms with van der Waals surface area (Å²) in [6, 6.07) is 19.2. The summed E-state index contributed by atoms with van der Waals surface area (Å²) in [6.07, 6.45) is 0. The highest BCUT2D eigenvalue weighted by Gasteiger charge is 2.30. The molecular weight excluding hydrogens is 394 g/mol. The first-order valence-electron chi connectivity index (χ1n) is 9.54. The first-order valence-corrected chi connectivity index (χ1v) is 9.54. The van der Waals surface area contributed by atoms with E-state index in [1.807, 2.05) is 12.1 Å². The van der Waals surface area contributed by atoms with Gasteiger partial charge in [0.2, 0.25) is 5.43 Å². The monoisotopic (exact) mass is 409 g/mol. The van der Waals surface area contributed by atoms with Crippen LogP contribution in [0.15, 0.2) is 77.6 Å². The van der Waals surface area contributed by atoms with Crippen molar-refractivity contribution in [1.29, 1.82) is 0 Å². The SMILES string of the molecule is O=C(Nc1ccc(O)c2c(=O)c(O)cccc12)c1cccc2c1C(=O)c1ccccc1-2. The smallest absolute Gasteiger partial charge is 0.256 e. The summed E-state index contributed by atoms with van der Waals surface area (Å²) in [6.45, 7) is 0. The van der Waals surface area contributed by atoms with Gasteiger partial charge in [0.25, 0.3) is 5.91 Å². The number of ketones is 1. The van der Waals surface area contributed by atoms with E-state index in [2.05, 4.69) is 5.32 Å². The minimum Gasteiger partial charge on any atom is -0.507 e. The first kappa shape index (κ1) is 18.6. The maximum absolute atomic E-state index is 13.2. The maximum atomic E-state index is 13.2. The van der Waals surface area contributed by atoms with Crippen LogP contribution in [0.3, 0.4) is 0 Å². The molecule has 1 aliphatic rings. The van der Waals surface area contributed by atoms with Crippen LogP contribution in [0.4, 0.5) is 5.69 Å². The largest absolute Gasteiger partial charge is 0.507 e. The zero-order valence-corrected chi connectivity index (χ0v) is 16.0. The fourth-order valence-electron chi connectivity index (χ4n) is 4.02. The molecule has 0 unspecified atom stereocenters. The highest BCUT2D eigenvalue weighted by atomic mass is 16.3. The van der Waals surface area contributed by atoms with Gasteiger partial charge >= 0.3 is 0 Å². The summed E-state index contributed by atoms with van der Waals surface area (Å²) in [5, 5.41) is 22.9. The van der Waals surface area contributed by atoms with E-state index in [4.69, 9.17) is 0 Å². The standard InChI is InChI=1S/C25H15NO5/c27-19-12-11-18(16-8-4-10-20(28)24(30)22(16)19)26-25(31)17-9-3-7-14-13-5-1-2-6-15(13)23(29)21(14)17/h1-12,27H,(H,26,31)(H,28,30). The number of benzene rings is 3. The third kappa shape index (κ3) is 2.77. The summed E-state index contributed by atoms with van der Waals surface area (Å²) in [7, 11) is 0. The summed E-state index contributed by atoms with van der Waals surface area (Å²) >= 11 is 0. The Bertz CT molecular complexity index is 1490. The number of amides is 1. The van der Waals surface area contributed by atoms with Gasteiger partial charge in [-0.1, -0.05) is 48.5 Å². The molecule has 0 fully saturated rings. The molecule has 0 bridgehead atoms. The number of nitrogens with one attached hydrogen (secondary N) is 1. The molecule has 5 rings (SSSR count). The number of fused-ring (bicyclic) bond motifs is 4. The van der Waals surface area contributed by atoms with Gasteiger partial charge in [0, 0.05) is 22.2 Å². The van der Waals surface area contributed by atoms with Gasteiger partial charge in [-0.05, 0) is 35.4 Å². The molecule has 0 atom stereocenters. The molecule has 6 heteroatoms. The molecule has 150 valence electrons. The van der Waals surface area contributed by atoms with Crippen LogP contribution >= 0.6 is 0 Å². The lowest BCUT2D eigenvalue weighted by Gasteiger charge is -2.11. The molecule has 0 saturated carbocycles. The highest BCUT2D eigenvalue weighted by Crippen LogP contribution is 2.38. The minimum absolute atomic E-state index is 0.109. The third-order valence-corrected chi connectivity index (χ3v) is 5.45. The van der Waals surface area contributed by atoms with Crippen molar-refractivity contribution in [2.24, 2.45) is 0 Å². The fraction of sp³-hybridized carbons (Fsp3) is 0. The Morgan fingerprint density at radius 3 is 2.23 bits per heavy atom. The lowest BCUT2D eigenvalue weighted by Crippen LogP contribution is -2.16. The molecule has 0 spiro atoms. The van der Waals surface area contributed by atoms with Gasteiger partial charge in [0.05, 0.1) is 10.9 Å². The normalized spacial score (nSPS) is 11.8. The number of phenols is 1. The van der Waals surface area contributed by atoms with Gasteiger partial charge in [0.1, 0.15) is 5.75 Å². The molecule has 4 aromatic carbocycles. The molecule has 6 nitrogen and oxygen atoms in total. The zero-order chi connectivity index (χ0) is 21.7. The maximum Gasteiger partial charge on any atom is 0.256 e. The average molecular weight is 409 g/mol. The predicted molar refractivity (Wildman–Crippen MR) is 117 cm³/mol. The Labute approximate surface area is 176 Å². The average Bonchev–Trinajstić information content (AvgIpc) is 2.97. The second-order valence-electron chi connectivity index (χ2n) is 7.22. The Balaban J connectivity index is 1.63. The van der Waals surface area contributed by atoms with Crippen molar-refractivity contribution in [3.8, 4) is 22.6 Å². The summed E-state index contributed by atoms with van der Waals surface area (Å²) in [5.74, 6) is -1.56. The number of phenolic OH excluding ortho intramolecular Hbond substituents is 1. The summed E-state index contributed by atoms with van der Waals surface area (Å²) in [4.78, 5) is 38.6. The molecule has 4 aromatic rings. The van der Waals surface area contributed by atoms with Crippen molar-refractivity contribution in [1.82, 2.24) is 0 Å². The van der Waals surface area contributed by atoms with E-state index in [0.29, 0.717) is 16.7 Å². The van der Waals surface area contributed by atoms with Crippen LogP contribution < -0.4 is 10.7 Å². The van der Waals surface area contributed by atoms with E-state index in [-0.39, 0.29) is 33.6 Å². The van der Waals surface area contributed by atoms with E-state index in [0.717, 1.165) is 5.56 Å². The van der Waals surface area contributed by atoms with Crippen LogP contribution in [0.25, 0.3) is 21.9 Å². The molecular formula is C25H15NO5. The van der Waals surface area contributed by atoms with Gasteiger partial charge in [-0.2, -0.15) is 0 Å². The van der Waals surface area contributed by atoms with Crippen molar-refractivity contribution >= 4 is 28.2 Å². The second-order valence-corrected chi connectivity index (χ2v) is 7.22. The van der Waals surface area contributed by atoms with E-state index < -0.39 is 17.1 Å². The van der Waals surface area contributed by atoms with E-state index in [1.54, 1.807) is 30.3 Å². The third-order valence-electron chi connectivity index (χ3n) is 5.45. The van der Waals surface area contributed by atoms with Crippen molar-refractivity contribution < 1.29 is 19.8 Å². The van der Waals surface area contributed by atoms with Gasteiger partial charge in [-0.25, -0.2) is 0 Å². The number of aromatic hydroxyl groups is 2. The van der Waals surface area contributed by atoms with Crippen molar-refractivity contribution in [2.75, 3.05) is 5.32 Å². The van der Waals surface area contributed by atoms with Gasteiger partial charge < -0.3 is 15.5 Å². The number of anilines is 1. The van der Waals surface area contributed by atoms with Crippen molar-refractivity contribution in [3.63, 3.8) is 0 Å². The van der Waals surface area contributed by atoms with Crippen LogP contribution in [0.1, 0.15) is 26.3 Å². The van der Waals surface area contributed by atoms with Crippen LogP contribution in [0.2, 0.25) is 0 Å².